The maximum Gasteiger partial charge on any atom is 0.246 e. The molecule has 0 unspecified atom stereocenters. The molecule has 21 nitrogen and oxygen atoms in total. The summed E-state index contributed by atoms with van der Waals surface area (Å²) in [4.78, 5) is 118. The third-order valence-electron chi connectivity index (χ3n) is 21.1. The fourth-order valence-electron chi connectivity index (χ4n) is 15.5. The van der Waals surface area contributed by atoms with Crippen molar-refractivity contribution in [3.63, 3.8) is 0 Å². The first-order valence-corrected chi connectivity index (χ1v) is 37.0. The number of ether oxygens (including phenoxy) is 3. The average Bonchev–Trinajstić information content (AvgIpc) is 1.37. The van der Waals surface area contributed by atoms with Crippen molar-refractivity contribution >= 4 is 46.8 Å². The molecule has 4 aromatic carbocycles. The second kappa shape index (κ2) is 39.5. The van der Waals surface area contributed by atoms with Crippen molar-refractivity contribution in [2.45, 2.75) is 210 Å². The van der Waals surface area contributed by atoms with E-state index < -0.39 is 35.6 Å². The molecule has 9 rings (SSSR count). The normalized spacial score (nSPS) is 21.4. The number of rotatable bonds is 43. The number of hydrogen-bond donors (Lipinski definition) is 5. The number of ketones is 4. The van der Waals surface area contributed by atoms with E-state index in [2.05, 4.69) is 49.0 Å². The highest BCUT2D eigenvalue weighted by Gasteiger charge is 2.52. The molecule has 0 spiro atoms. The fourth-order valence-corrected chi connectivity index (χ4v) is 15.5. The molecule has 4 aliphatic rings. The van der Waals surface area contributed by atoms with Crippen LogP contribution in [0, 0.1) is 17.8 Å². The molecule has 5 heterocycles. The number of aromatic nitrogens is 3. The van der Waals surface area contributed by atoms with Gasteiger partial charge in [0.2, 0.25) is 23.6 Å². The number of fused-ring (bicyclic) bond motifs is 2. The number of nitrogens with one attached hydrogen (secondary N) is 5. The van der Waals surface area contributed by atoms with Crippen molar-refractivity contribution in [2.75, 3.05) is 60.3 Å². The Bertz CT molecular complexity index is 3350. The molecule has 5 N–H and O–H groups in total. The zero-order chi connectivity index (χ0) is 70.6. The minimum atomic E-state index is -1.55. The summed E-state index contributed by atoms with van der Waals surface area (Å²) in [5.74, 6) is -2.10. The first-order valence-electron chi connectivity index (χ1n) is 37.0. The zero-order valence-corrected chi connectivity index (χ0v) is 59.3. The quantitative estimate of drug-likeness (QED) is 0.0230. The highest BCUT2D eigenvalue weighted by Crippen LogP contribution is 2.41. The Morgan fingerprint density at radius 1 is 0.580 bits per heavy atom. The van der Waals surface area contributed by atoms with Crippen LogP contribution in [0.15, 0.2) is 128 Å². The summed E-state index contributed by atoms with van der Waals surface area (Å²) in [5, 5.41) is 24.7. The van der Waals surface area contributed by atoms with Crippen LogP contribution < -0.4 is 26.6 Å². The number of amides is 4. The van der Waals surface area contributed by atoms with Crippen LogP contribution in [0.2, 0.25) is 0 Å². The molecule has 1 aromatic heterocycles. The molecule has 10 atom stereocenters. The van der Waals surface area contributed by atoms with E-state index in [4.69, 9.17) is 14.2 Å². The summed E-state index contributed by atoms with van der Waals surface area (Å²) in [7, 11) is 3.49. The average molecular weight is 1370 g/mol. The highest BCUT2D eigenvalue weighted by atomic mass is 16.5. The SMILES string of the molecule is CC[C@H](NC)C(=O)C[C@@H]1C(=O)N2[C@@H](CC[C@@H]1CNCc1ccccc1)CC[C@H]2C(=O)NC(C(=O)CCCCOCCOCCOCCCn1cc(CCC(=O)CC[C@H]2CC[C@H]3CC[C@@H](C(=O)CCc4ccccc4)N3C(=O)[C@H]2NC(=O)[C@H](CC)NC)nn1)(c1ccccc1)c1ccccc1. The number of likely N-dealkylation sites (N-methyl/N-ethyl adjacent to an activating group) is 2. The number of unbranched alkanes of at least 4 members (excludes halogenated alkanes) is 1. The van der Waals surface area contributed by atoms with E-state index in [9.17, 15) is 24.0 Å². The van der Waals surface area contributed by atoms with E-state index in [0.29, 0.717) is 172 Å². The van der Waals surface area contributed by atoms with Gasteiger partial charge in [-0.1, -0.05) is 140 Å². The Balaban J connectivity index is 0.677. The van der Waals surface area contributed by atoms with E-state index in [1.54, 1.807) is 28.6 Å². The number of Topliss-reactive ketones (excluding diaryl/α,β-unsaturated/α-hetero) is 4. The lowest BCUT2D eigenvalue weighted by Gasteiger charge is -2.38. The molecule has 4 amide bonds. The predicted octanol–water partition coefficient (Wildman–Crippen LogP) is 8.39. The highest BCUT2D eigenvalue weighted by molar-refractivity contribution is 6.00. The topological polar surface area (TPSA) is 262 Å². The molecule has 4 fully saturated rings. The zero-order valence-electron chi connectivity index (χ0n) is 59.3. The maximum atomic E-state index is 15.2. The van der Waals surface area contributed by atoms with Gasteiger partial charge in [0.05, 0.1) is 50.2 Å². The molecular weight excluding hydrogens is 1260 g/mol. The largest absolute Gasteiger partial charge is 0.379 e. The van der Waals surface area contributed by atoms with Crippen LogP contribution in [-0.4, -0.2) is 174 Å². The summed E-state index contributed by atoms with van der Waals surface area (Å²) in [6, 6.07) is 35.4. The number of carbonyl (C=O) groups is 8. The van der Waals surface area contributed by atoms with Gasteiger partial charge < -0.3 is 50.6 Å². The molecule has 540 valence electrons. The number of carbonyl (C=O) groups excluding carboxylic acids is 8. The molecule has 21 heteroatoms. The maximum absolute atomic E-state index is 15.2. The molecule has 0 bridgehead atoms. The van der Waals surface area contributed by atoms with E-state index in [-0.39, 0.29) is 102 Å². The number of hydrogen-bond acceptors (Lipinski definition) is 16. The predicted molar refractivity (Wildman–Crippen MR) is 382 cm³/mol. The second-order valence-corrected chi connectivity index (χ2v) is 27.6. The van der Waals surface area contributed by atoms with Gasteiger partial charge in [-0.25, -0.2) is 0 Å². The Morgan fingerprint density at radius 2 is 1.14 bits per heavy atom. The third kappa shape index (κ3) is 20.8. The van der Waals surface area contributed by atoms with Crippen LogP contribution in [0.5, 0.6) is 0 Å². The Labute approximate surface area is 591 Å². The van der Waals surface area contributed by atoms with Crippen LogP contribution in [0.3, 0.4) is 0 Å². The van der Waals surface area contributed by atoms with Crippen LogP contribution >= 0.6 is 0 Å². The molecule has 0 radical (unpaired) electrons. The molecule has 4 saturated heterocycles. The molecule has 0 saturated carbocycles. The van der Waals surface area contributed by atoms with E-state index in [1.165, 1.54) is 0 Å². The summed E-state index contributed by atoms with van der Waals surface area (Å²) in [5.41, 5.74) is 2.63. The van der Waals surface area contributed by atoms with Gasteiger partial charge in [-0.3, -0.25) is 43.0 Å². The second-order valence-electron chi connectivity index (χ2n) is 27.6. The summed E-state index contributed by atoms with van der Waals surface area (Å²) >= 11 is 0. The Morgan fingerprint density at radius 3 is 1.76 bits per heavy atom. The lowest BCUT2D eigenvalue weighted by atomic mass is 9.77. The van der Waals surface area contributed by atoms with Gasteiger partial charge in [-0.15, -0.1) is 5.10 Å². The lowest BCUT2D eigenvalue weighted by molar-refractivity contribution is -0.146. The Kier molecular flexibility index (Phi) is 30.2. The van der Waals surface area contributed by atoms with E-state index in [0.717, 1.165) is 24.0 Å². The van der Waals surface area contributed by atoms with Gasteiger partial charge in [0.25, 0.3) is 0 Å². The van der Waals surface area contributed by atoms with E-state index in [1.807, 2.05) is 129 Å². The van der Waals surface area contributed by atoms with Crippen molar-refractivity contribution in [1.29, 1.82) is 0 Å². The number of nitrogens with zero attached hydrogens (tertiary/aromatic N) is 5. The fraction of sp³-hybridized carbons (Fsp3) is 0.570. The van der Waals surface area contributed by atoms with Crippen molar-refractivity contribution in [3.05, 3.63) is 155 Å². The minimum absolute atomic E-state index is 0.0122. The molecule has 4 aliphatic heterocycles. The molecular formula is C79H108N10O11. The van der Waals surface area contributed by atoms with Crippen molar-refractivity contribution in [3.8, 4) is 0 Å². The Hall–Kier alpha value is -7.66. The van der Waals surface area contributed by atoms with Gasteiger partial charge >= 0.3 is 0 Å². The smallest absolute Gasteiger partial charge is 0.246 e. The van der Waals surface area contributed by atoms with Crippen LogP contribution in [0.1, 0.15) is 164 Å². The van der Waals surface area contributed by atoms with Crippen LogP contribution in [-0.2, 0) is 84.0 Å². The van der Waals surface area contributed by atoms with Crippen LogP contribution in [0.25, 0.3) is 0 Å². The van der Waals surface area contributed by atoms with Gasteiger partial charge in [0, 0.05) is 82.6 Å². The molecule has 0 aliphatic carbocycles. The number of aryl methyl sites for hydroxylation is 3. The van der Waals surface area contributed by atoms with Crippen molar-refractivity contribution in [1.82, 2.24) is 51.4 Å². The monoisotopic (exact) mass is 1370 g/mol. The van der Waals surface area contributed by atoms with E-state index >= 15 is 14.4 Å². The lowest BCUT2D eigenvalue weighted by Crippen LogP contribution is -2.58. The summed E-state index contributed by atoms with van der Waals surface area (Å²) in [6.45, 7) is 8.08. The third-order valence-corrected chi connectivity index (χ3v) is 21.1. The van der Waals surface area contributed by atoms with Crippen LogP contribution in [0.4, 0.5) is 0 Å². The van der Waals surface area contributed by atoms with Gasteiger partial charge in [-0.2, -0.15) is 0 Å². The number of benzene rings is 4. The first kappa shape index (κ1) is 76.5. The van der Waals surface area contributed by atoms with Crippen molar-refractivity contribution < 1.29 is 52.6 Å². The summed E-state index contributed by atoms with van der Waals surface area (Å²) in [6.07, 6.45) is 12.7. The van der Waals surface area contributed by atoms with Gasteiger partial charge in [0.1, 0.15) is 23.4 Å². The summed E-state index contributed by atoms with van der Waals surface area (Å²) < 4.78 is 19.3. The standard InChI is InChI=1S/C79H108N10O11/c1-5-67(80-3)72(92)52-66-59(54-82-53-57-24-13-8-14-25-57)33-37-64-39-43-70(89(64)77(66)96)76(95)84-79(60-26-15-9-16-27-60,61-28-17-10-18-29-61)73(93)30-19-20-46-98-48-50-100-51-49-99-47-21-45-87-55-62(85-86-87)35-41-65(90)40-34-58-32-36-63-38-42-69(71(91)44-31-56-22-11-7-12-23-56)88(63)78(97)74(58)83-75(94)68(6-2)81-4/h7-18,22-29,55,58-59,63-64,66-70,74,80-82H,5-6,19-21,30-54H2,1-4H3,(H,83,94)(H,84,95)/t58-,59-,63+,64+,66+,67+,68+,69+,70+,74+/m1/s1. The molecule has 100 heavy (non-hydrogen) atoms. The van der Waals surface area contributed by atoms with Crippen molar-refractivity contribution in [2.24, 2.45) is 17.8 Å². The first-order chi connectivity index (χ1) is 48.8. The van der Waals surface area contributed by atoms with Gasteiger partial charge in [0.15, 0.2) is 17.3 Å². The van der Waals surface area contributed by atoms with Gasteiger partial charge in [-0.05, 0) is 157 Å². The minimum Gasteiger partial charge on any atom is -0.379 e. The molecule has 5 aromatic rings.